The predicted octanol–water partition coefficient (Wildman–Crippen LogP) is 3.59. The number of hydrogen-bond acceptors (Lipinski definition) is 5. The average molecular weight is 377 g/mol. The van der Waals surface area contributed by atoms with Gasteiger partial charge in [-0.25, -0.2) is 9.37 Å². The number of anilines is 2. The number of carbonyl (C=O) groups excluding carboxylic acids is 1. The molecule has 0 saturated heterocycles. The number of halogens is 1. The van der Waals surface area contributed by atoms with E-state index in [0.29, 0.717) is 5.56 Å². The highest BCUT2D eigenvalue weighted by atomic mass is 19.1. The molecule has 0 fully saturated rings. The van der Waals surface area contributed by atoms with Crippen LogP contribution in [0.1, 0.15) is 41.1 Å². The van der Waals surface area contributed by atoms with E-state index in [2.05, 4.69) is 20.2 Å². The highest BCUT2D eigenvalue weighted by Gasteiger charge is 2.22. The van der Waals surface area contributed by atoms with Crippen molar-refractivity contribution in [3.63, 3.8) is 0 Å². The Kier molecular flexibility index (Phi) is 4.97. The summed E-state index contributed by atoms with van der Waals surface area (Å²) in [4.78, 5) is 27.8. The molecule has 6 nitrogen and oxygen atoms in total. The van der Waals surface area contributed by atoms with Gasteiger partial charge in [-0.3, -0.25) is 14.8 Å². The van der Waals surface area contributed by atoms with Crippen molar-refractivity contribution in [2.45, 2.75) is 25.8 Å². The first-order valence-corrected chi connectivity index (χ1v) is 9.21. The number of carbonyl (C=O) groups is 1. The molecule has 28 heavy (non-hydrogen) atoms. The van der Waals surface area contributed by atoms with Crippen molar-refractivity contribution in [3.8, 4) is 0 Å². The Morgan fingerprint density at radius 1 is 1.18 bits per heavy atom. The van der Waals surface area contributed by atoms with Crippen molar-refractivity contribution in [2.24, 2.45) is 0 Å². The van der Waals surface area contributed by atoms with E-state index in [4.69, 9.17) is 4.98 Å². The van der Waals surface area contributed by atoms with Crippen LogP contribution in [0.5, 0.6) is 0 Å². The van der Waals surface area contributed by atoms with Gasteiger partial charge in [0.25, 0.3) is 5.91 Å². The van der Waals surface area contributed by atoms with Gasteiger partial charge < -0.3 is 10.2 Å². The first-order valence-electron chi connectivity index (χ1n) is 9.21. The monoisotopic (exact) mass is 377 g/mol. The van der Waals surface area contributed by atoms with Crippen LogP contribution < -0.4 is 10.2 Å². The normalized spacial score (nSPS) is 14.3. The lowest BCUT2D eigenvalue weighted by Crippen LogP contribution is -2.29. The van der Waals surface area contributed by atoms with Crippen LogP contribution in [0, 0.1) is 5.82 Å². The summed E-state index contributed by atoms with van der Waals surface area (Å²) in [7, 11) is 0. The number of fused-ring (bicyclic) bond motifs is 1. The minimum atomic E-state index is -0.367. The number of hydrogen-bond donors (Lipinski definition) is 1. The van der Waals surface area contributed by atoms with Crippen molar-refractivity contribution in [2.75, 3.05) is 11.4 Å². The van der Waals surface area contributed by atoms with Gasteiger partial charge >= 0.3 is 0 Å². The summed E-state index contributed by atoms with van der Waals surface area (Å²) in [5, 5.41) is 2.92. The molecule has 1 atom stereocenters. The van der Waals surface area contributed by atoms with Crippen molar-refractivity contribution in [1.82, 2.24) is 20.3 Å². The third kappa shape index (κ3) is 3.69. The van der Waals surface area contributed by atoms with Crippen LogP contribution in [-0.4, -0.2) is 27.4 Å². The van der Waals surface area contributed by atoms with Gasteiger partial charge in [0.1, 0.15) is 5.82 Å². The standard InChI is InChI=1S/C21H20FN5O/c1-14(25-21(28)15-4-6-16(22)7-5-15)17-8-9-19-18(26-17)3-2-12-27(19)20-13-23-10-11-24-20/h4-11,13-14H,2-3,12H2,1H3,(H,25,28). The van der Waals surface area contributed by atoms with Crippen LogP contribution in [0.2, 0.25) is 0 Å². The zero-order chi connectivity index (χ0) is 19.5. The molecular formula is C21H20FN5O. The number of amides is 1. The fourth-order valence-corrected chi connectivity index (χ4v) is 3.33. The lowest BCUT2D eigenvalue weighted by atomic mass is 10.1. The summed E-state index contributed by atoms with van der Waals surface area (Å²) in [5.41, 5.74) is 3.21. The van der Waals surface area contributed by atoms with Crippen molar-refractivity contribution in [3.05, 3.63) is 77.8 Å². The Bertz CT molecular complexity index is 978. The smallest absolute Gasteiger partial charge is 0.251 e. The Morgan fingerprint density at radius 3 is 2.75 bits per heavy atom. The fourth-order valence-electron chi connectivity index (χ4n) is 3.33. The second-order valence-corrected chi connectivity index (χ2v) is 6.72. The molecule has 1 amide bonds. The summed E-state index contributed by atoms with van der Waals surface area (Å²) < 4.78 is 13.0. The van der Waals surface area contributed by atoms with Gasteiger partial charge in [0.2, 0.25) is 0 Å². The molecule has 4 rings (SSSR count). The maximum absolute atomic E-state index is 13.0. The minimum absolute atomic E-state index is 0.256. The Morgan fingerprint density at radius 2 is 2.00 bits per heavy atom. The molecule has 3 heterocycles. The van der Waals surface area contributed by atoms with E-state index in [1.807, 2.05) is 19.1 Å². The van der Waals surface area contributed by atoms with Gasteiger partial charge in [-0.1, -0.05) is 0 Å². The first-order chi connectivity index (χ1) is 13.6. The highest BCUT2D eigenvalue weighted by molar-refractivity contribution is 5.94. The SMILES string of the molecule is CC(NC(=O)c1ccc(F)cc1)c1ccc2c(n1)CCCN2c1cnccn1. The third-order valence-electron chi connectivity index (χ3n) is 4.78. The van der Waals surface area contributed by atoms with E-state index in [1.54, 1.807) is 18.6 Å². The molecule has 1 N–H and O–H groups in total. The van der Waals surface area contributed by atoms with Crippen LogP contribution in [0.3, 0.4) is 0 Å². The lowest BCUT2D eigenvalue weighted by molar-refractivity contribution is 0.0939. The molecular weight excluding hydrogens is 357 g/mol. The maximum atomic E-state index is 13.0. The molecule has 0 spiro atoms. The second kappa shape index (κ2) is 7.72. The van der Waals surface area contributed by atoms with Crippen LogP contribution in [0.25, 0.3) is 0 Å². The third-order valence-corrected chi connectivity index (χ3v) is 4.78. The molecule has 1 aliphatic heterocycles. The number of rotatable bonds is 4. The molecule has 0 bridgehead atoms. The number of pyridine rings is 1. The maximum Gasteiger partial charge on any atom is 0.251 e. The lowest BCUT2D eigenvalue weighted by Gasteiger charge is -2.30. The molecule has 0 saturated carbocycles. The van der Waals surface area contributed by atoms with Crippen LogP contribution in [0.15, 0.2) is 55.0 Å². The van der Waals surface area contributed by atoms with E-state index in [9.17, 15) is 9.18 Å². The topological polar surface area (TPSA) is 71.0 Å². The summed E-state index contributed by atoms with van der Waals surface area (Å²) in [5.74, 6) is 0.178. The van der Waals surface area contributed by atoms with Crippen molar-refractivity contribution in [1.29, 1.82) is 0 Å². The second-order valence-electron chi connectivity index (χ2n) is 6.72. The molecule has 2 aromatic heterocycles. The number of nitrogens with zero attached hydrogens (tertiary/aromatic N) is 4. The number of aromatic nitrogens is 3. The molecule has 1 aliphatic rings. The van der Waals surface area contributed by atoms with Gasteiger partial charge in [0.15, 0.2) is 5.82 Å². The molecule has 0 aliphatic carbocycles. The Labute approximate surface area is 162 Å². The zero-order valence-corrected chi connectivity index (χ0v) is 15.5. The van der Waals surface area contributed by atoms with Crippen LogP contribution in [0.4, 0.5) is 15.9 Å². The number of aryl methyl sites for hydroxylation is 1. The van der Waals surface area contributed by atoms with Crippen LogP contribution in [-0.2, 0) is 6.42 Å². The molecule has 0 radical (unpaired) electrons. The quantitative estimate of drug-likeness (QED) is 0.752. The predicted molar refractivity (Wildman–Crippen MR) is 104 cm³/mol. The minimum Gasteiger partial charge on any atom is -0.344 e. The highest BCUT2D eigenvalue weighted by Crippen LogP contribution is 2.31. The summed E-state index contributed by atoms with van der Waals surface area (Å²) >= 11 is 0. The number of benzene rings is 1. The number of nitrogens with one attached hydrogen (secondary N) is 1. The summed E-state index contributed by atoms with van der Waals surface area (Å²) in [6.07, 6.45) is 6.92. The van der Waals surface area contributed by atoms with Crippen LogP contribution >= 0.6 is 0 Å². The zero-order valence-electron chi connectivity index (χ0n) is 15.5. The van der Waals surface area contributed by atoms with Crippen molar-refractivity contribution < 1.29 is 9.18 Å². The van der Waals surface area contributed by atoms with E-state index < -0.39 is 0 Å². The van der Waals surface area contributed by atoms with Gasteiger partial charge in [0, 0.05) is 24.5 Å². The average Bonchev–Trinajstić information content (AvgIpc) is 2.74. The Hall–Kier alpha value is -3.35. The van der Waals surface area contributed by atoms with Crippen molar-refractivity contribution >= 4 is 17.4 Å². The van der Waals surface area contributed by atoms with Gasteiger partial charge in [-0.15, -0.1) is 0 Å². The molecule has 142 valence electrons. The largest absolute Gasteiger partial charge is 0.344 e. The van der Waals surface area contributed by atoms with Gasteiger partial charge in [0.05, 0.1) is 29.3 Å². The molecule has 3 aromatic rings. The summed E-state index contributed by atoms with van der Waals surface area (Å²) in [6, 6.07) is 9.16. The summed E-state index contributed by atoms with van der Waals surface area (Å²) in [6.45, 7) is 2.75. The van der Waals surface area contributed by atoms with E-state index in [1.165, 1.54) is 24.3 Å². The first kappa shape index (κ1) is 18.0. The van der Waals surface area contributed by atoms with E-state index in [0.717, 1.165) is 42.3 Å². The van der Waals surface area contributed by atoms with Gasteiger partial charge in [-0.2, -0.15) is 0 Å². The van der Waals surface area contributed by atoms with Gasteiger partial charge in [-0.05, 0) is 56.2 Å². The van der Waals surface area contributed by atoms with E-state index >= 15 is 0 Å². The molecule has 1 aromatic carbocycles. The molecule has 7 heteroatoms. The van der Waals surface area contributed by atoms with E-state index in [-0.39, 0.29) is 17.8 Å². The Balaban J connectivity index is 1.53. The fraction of sp³-hybridized carbons (Fsp3) is 0.238. The molecule has 1 unspecified atom stereocenters.